The van der Waals surface area contributed by atoms with Gasteiger partial charge in [0.05, 0.1) is 4.92 Å². The van der Waals surface area contributed by atoms with E-state index in [4.69, 9.17) is 5.11 Å². The van der Waals surface area contributed by atoms with Crippen LogP contribution >= 0.6 is 0 Å². The Kier molecular flexibility index (Phi) is 4.11. The molecule has 0 aromatic heterocycles. The maximum Gasteiger partial charge on any atom is 0.282 e. The Morgan fingerprint density at radius 2 is 2.16 bits per heavy atom. The number of hydrogen-bond acceptors (Lipinski definition) is 4. The average molecular weight is 264 g/mol. The van der Waals surface area contributed by atoms with Gasteiger partial charge < -0.3 is 10.4 Å². The third-order valence-electron chi connectivity index (χ3n) is 3.29. The van der Waals surface area contributed by atoms with Gasteiger partial charge in [-0.1, -0.05) is 12.1 Å². The number of rotatable bonds is 6. The first kappa shape index (κ1) is 13.5. The Balaban J connectivity index is 2.12. The maximum absolute atomic E-state index is 12.1. The molecule has 1 atom stereocenters. The molecule has 1 aromatic carbocycles. The summed E-state index contributed by atoms with van der Waals surface area (Å²) in [7, 11) is 0. The van der Waals surface area contributed by atoms with E-state index in [1.54, 1.807) is 6.07 Å². The van der Waals surface area contributed by atoms with Gasteiger partial charge in [-0.2, -0.15) is 0 Å². The van der Waals surface area contributed by atoms with Crippen LogP contribution in [0, 0.1) is 16.0 Å². The molecule has 0 spiro atoms. The Labute approximate surface area is 110 Å². The predicted molar refractivity (Wildman–Crippen MR) is 68.8 cm³/mol. The summed E-state index contributed by atoms with van der Waals surface area (Å²) in [4.78, 5) is 22.4. The fraction of sp³-hybridized carbons (Fsp3) is 0.462. The summed E-state index contributed by atoms with van der Waals surface area (Å²) in [5.41, 5.74) is -0.130. The van der Waals surface area contributed by atoms with Crippen molar-refractivity contribution in [2.24, 2.45) is 5.92 Å². The fourth-order valence-electron chi connectivity index (χ4n) is 2.13. The topological polar surface area (TPSA) is 92.5 Å². The monoisotopic (exact) mass is 264 g/mol. The summed E-state index contributed by atoms with van der Waals surface area (Å²) >= 11 is 0. The number of benzene rings is 1. The van der Waals surface area contributed by atoms with Crippen molar-refractivity contribution < 1.29 is 14.8 Å². The van der Waals surface area contributed by atoms with E-state index in [0.29, 0.717) is 12.3 Å². The van der Waals surface area contributed by atoms with E-state index in [0.717, 1.165) is 12.8 Å². The number of nitrogens with zero attached hydrogens (tertiary/aromatic N) is 1. The first-order valence-electron chi connectivity index (χ1n) is 6.28. The second kappa shape index (κ2) is 5.79. The highest BCUT2D eigenvalue weighted by atomic mass is 16.6. The normalized spacial score (nSPS) is 15.8. The summed E-state index contributed by atoms with van der Waals surface area (Å²) in [5, 5.41) is 22.6. The second-order valence-corrected chi connectivity index (χ2v) is 4.70. The zero-order chi connectivity index (χ0) is 13.8. The summed E-state index contributed by atoms with van der Waals surface area (Å²) in [6.45, 7) is -0.00166. The molecule has 1 saturated carbocycles. The molecule has 6 heteroatoms. The van der Waals surface area contributed by atoms with Crippen LogP contribution in [0.3, 0.4) is 0 Å². The summed E-state index contributed by atoms with van der Waals surface area (Å²) in [6.07, 6.45) is 2.54. The molecule has 1 aliphatic carbocycles. The molecule has 1 unspecified atom stereocenters. The number of aliphatic hydroxyl groups is 1. The number of carbonyl (C=O) groups is 1. The van der Waals surface area contributed by atoms with Crippen molar-refractivity contribution in [3.05, 3.63) is 39.9 Å². The van der Waals surface area contributed by atoms with E-state index in [1.807, 2.05) is 0 Å². The summed E-state index contributed by atoms with van der Waals surface area (Å²) in [6, 6.07) is 5.78. The van der Waals surface area contributed by atoms with Crippen LogP contribution in [0.1, 0.15) is 29.6 Å². The quantitative estimate of drug-likeness (QED) is 0.601. The molecule has 0 bridgehead atoms. The van der Waals surface area contributed by atoms with Crippen molar-refractivity contribution >= 4 is 11.6 Å². The largest absolute Gasteiger partial charge is 0.396 e. The third-order valence-corrected chi connectivity index (χ3v) is 3.29. The van der Waals surface area contributed by atoms with Crippen LogP contribution < -0.4 is 5.32 Å². The number of amides is 1. The molecule has 6 nitrogen and oxygen atoms in total. The van der Waals surface area contributed by atoms with Crippen LogP contribution in [0.2, 0.25) is 0 Å². The van der Waals surface area contributed by atoms with E-state index in [9.17, 15) is 14.9 Å². The number of para-hydroxylation sites is 1. The molecule has 0 saturated heterocycles. The smallest absolute Gasteiger partial charge is 0.282 e. The van der Waals surface area contributed by atoms with Crippen LogP contribution in [0.5, 0.6) is 0 Å². The molecule has 1 aromatic rings. The first-order chi connectivity index (χ1) is 9.13. The van der Waals surface area contributed by atoms with Gasteiger partial charge in [0.15, 0.2) is 0 Å². The number of carbonyl (C=O) groups excluding carboxylic acids is 1. The minimum atomic E-state index is -0.562. The van der Waals surface area contributed by atoms with Crippen LogP contribution in [0.4, 0.5) is 5.69 Å². The van der Waals surface area contributed by atoms with Gasteiger partial charge in [-0.05, 0) is 31.2 Å². The van der Waals surface area contributed by atoms with Crippen molar-refractivity contribution in [3.8, 4) is 0 Å². The lowest BCUT2D eigenvalue weighted by atomic mass is 10.1. The molecule has 19 heavy (non-hydrogen) atoms. The lowest BCUT2D eigenvalue weighted by Crippen LogP contribution is -2.37. The number of nitro benzene ring substituents is 1. The highest BCUT2D eigenvalue weighted by molar-refractivity contribution is 5.98. The zero-order valence-electron chi connectivity index (χ0n) is 10.4. The SMILES string of the molecule is O=C(NC(CCO)C1CC1)c1ccccc1[N+](=O)[O-]. The van der Waals surface area contributed by atoms with E-state index < -0.39 is 10.8 Å². The molecular formula is C13H16N2O4. The van der Waals surface area contributed by atoms with Crippen molar-refractivity contribution in [1.82, 2.24) is 5.32 Å². The van der Waals surface area contributed by atoms with Gasteiger partial charge in [-0.3, -0.25) is 14.9 Å². The molecule has 1 fully saturated rings. The van der Waals surface area contributed by atoms with E-state index in [2.05, 4.69) is 5.32 Å². The second-order valence-electron chi connectivity index (χ2n) is 4.70. The van der Waals surface area contributed by atoms with Gasteiger partial charge in [0.25, 0.3) is 11.6 Å². The van der Waals surface area contributed by atoms with Crippen molar-refractivity contribution in [3.63, 3.8) is 0 Å². The lowest BCUT2D eigenvalue weighted by molar-refractivity contribution is -0.385. The molecule has 2 rings (SSSR count). The molecule has 0 heterocycles. The standard InChI is InChI=1S/C13H16N2O4/c16-8-7-11(9-5-6-9)14-13(17)10-3-1-2-4-12(10)15(18)19/h1-4,9,11,16H,5-8H2,(H,14,17). The average Bonchev–Trinajstić information content (AvgIpc) is 3.22. The highest BCUT2D eigenvalue weighted by Crippen LogP contribution is 2.34. The first-order valence-corrected chi connectivity index (χ1v) is 6.28. The van der Waals surface area contributed by atoms with Crippen molar-refractivity contribution in [1.29, 1.82) is 0 Å². The van der Waals surface area contributed by atoms with Crippen molar-refractivity contribution in [2.45, 2.75) is 25.3 Å². The van der Waals surface area contributed by atoms with E-state index in [1.165, 1.54) is 18.2 Å². The van der Waals surface area contributed by atoms with Gasteiger partial charge in [-0.25, -0.2) is 0 Å². The maximum atomic E-state index is 12.1. The van der Waals surface area contributed by atoms with Crippen LogP contribution in [0.25, 0.3) is 0 Å². The van der Waals surface area contributed by atoms with E-state index in [-0.39, 0.29) is 23.9 Å². The van der Waals surface area contributed by atoms with Gasteiger partial charge in [-0.15, -0.1) is 0 Å². The minimum absolute atomic E-state index is 0.00166. The van der Waals surface area contributed by atoms with Crippen molar-refractivity contribution in [2.75, 3.05) is 6.61 Å². The fourth-order valence-corrected chi connectivity index (χ4v) is 2.13. The number of hydrogen-bond donors (Lipinski definition) is 2. The number of nitrogens with one attached hydrogen (secondary N) is 1. The molecule has 1 aliphatic rings. The Morgan fingerprint density at radius 3 is 2.74 bits per heavy atom. The Hall–Kier alpha value is -1.95. The van der Waals surface area contributed by atoms with Gasteiger partial charge in [0, 0.05) is 18.7 Å². The minimum Gasteiger partial charge on any atom is -0.396 e. The molecule has 2 N–H and O–H groups in total. The molecule has 1 amide bonds. The number of aliphatic hydroxyl groups excluding tert-OH is 1. The molecule has 102 valence electrons. The molecular weight excluding hydrogens is 248 g/mol. The Bertz CT molecular complexity index is 485. The Morgan fingerprint density at radius 1 is 1.47 bits per heavy atom. The molecule has 0 aliphatic heterocycles. The van der Waals surface area contributed by atoms with Crippen LogP contribution in [-0.2, 0) is 0 Å². The lowest BCUT2D eigenvalue weighted by Gasteiger charge is -2.17. The third kappa shape index (κ3) is 3.29. The molecule has 0 radical (unpaired) electrons. The zero-order valence-corrected chi connectivity index (χ0v) is 10.4. The van der Waals surface area contributed by atoms with Crippen LogP contribution in [-0.4, -0.2) is 28.6 Å². The van der Waals surface area contributed by atoms with Gasteiger partial charge in [0.2, 0.25) is 0 Å². The van der Waals surface area contributed by atoms with E-state index >= 15 is 0 Å². The highest BCUT2D eigenvalue weighted by Gasteiger charge is 2.33. The van der Waals surface area contributed by atoms with Crippen LogP contribution in [0.15, 0.2) is 24.3 Å². The number of nitro groups is 1. The van der Waals surface area contributed by atoms with Gasteiger partial charge >= 0.3 is 0 Å². The summed E-state index contributed by atoms with van der Waals surface area (Å²) in [5.74, 6) is -0.0588. The van der Waals surface area contributed by atoms with Gasteiger partial charge in [0.1, 0.15) is 5.56 Å². The summed E-state index contributed by atoms with van der Waals surface area (Å²) < 4.78 is 0. The predicted octanol–water partition coefficient (Wildman–Crippen LogP) is 1.49.